The quantitative estimate of drug-likeness (QED) is 0.0818. The van der Waals surface area contributed by atoms with E-state index < -0.39 is 6.43 Å². The molecule has 1 atom stereocenters. The Bertz CT molecular complexity index is 2780. The van der Waals surface area contributed by atoms with Crippen LogP contribution in [0.1, 0.15) is 73.4 Å². The summed E-state index contributed by atoms with van der Waals surface area (Å²) >= 11 is 0. The molecule has 3 fully saturated rings. The Morgan fingerprint density at radius 2 is 1.61 bits per heavy atom. The molecule has 19 nitrogen and oxygen atoms in total. The van der Waals surface area contributed by atoms with Gasteiger partial charge in [-0.3, -0.25) is 19.1 Å². The number of urea groups is 1. The zero-order valence-corrected chi connectivity index (χ0v) is 44.4. The van der Waals surface area contributed by atoms with Crippen LogP contribution in [0.3, 0.4) is 0 Å². The summed E-state index contributed by atoms with van der Waals surface area (Å²) in [4.78, 5) is 48.0. The molecule has 0 spiro atoms. The number of anilines is 5. The van der Waals surface area contributed by atoms with Crippen LogP contribution in [-0.2, 0) is 45.4 Å². The lowest BCUT2D eigenvalue weighted by Gasteiger charge is -2.36. The fraction of sp³-hybridized carbons (Fsp3) is 0.564. The maximum absolute atomic E-state index is 14.8. The third-order valence-corrected chi connectivity index (χ3v) is 15.7. The highest BCUT2D eigenvalue weighted by Gasteiger charge is 2.36. The zero-order valence-electron chi connectivity index (χ0n) is 44.4. The third-order valence-electron chi connectivity index (χ3n) is 15.7. The first kappa shape index (κ1) is 53.9. The number of aromatic nitrogens is 6. The van der Waals surface area contributed by atoms with Crippen molar-refractivity contribution < 1.29 is 37.0 Å². The van der Waals surface area contributed by atoms with Crippen LogP contribution < -0.4 is 25.3 Å². The molecule has 2 N–H and O–H groups in total. The van der Waals surface area contributed by atoms with Gasteiger partial charge in [-0.15, -0.1) is 0 Å². The number of nitrogens with one attached hydrogen (secondary N) is 2. The van der Waals surface area contributed by atoms with Gasteiger partial charge in [-0.2, -0.15) is 10.2 Å². The van der Waals surface area contributed by atoms with Gasteiger partial charge in [-0.05, 0) is 80.0 Å². The number of piperazine rings is 1. The molecule has 0 saturated carbocycles. The standard InChI is InChI=1S/C55H73F3N14O5/c1-59-55(74)70-18-12-48-47(37-70)54(71-15-4-6-39-30-45(40-34-62-65(2)35-40)46(53(57)58)32-49(39)71)64-72(48)43-10-16-68(17-11-43)52(73)13-24-75-26-28-77-29-27-76-25-23-66-19-21-67(22-20-66)51-33-50(60-38-61-51)63-42-8-5-14-69(36-42)44-9-3-7-41(56)31-44/h3,7,9,30-35,38,42-43,53H,4-6,8,10-29,36-37H2,1-2H3,(H,59,74)(H,60,61,63)/t42-/m1/s1. The summed E-state index contributed by atoms with van der Waals surface area (Å²) in [5, 5.41) is 15.9. The van der Waals surface area contributed by atoms with Crippen molar-refractivity contribution in [2.45, 2.75) is 76.4 Å². The summed E-state index contributed by atoms with van der Waals surface area (Å²) < 4.78 is 64.5. The van der Waals surface area contributed by atoms with Crippen LogP contribution in [0.5, 0.6) is 0 Å². The van der Waals surface area contributed by atoms with Crippen LogP contribution in [0.2, 0.25) is 0 Å². The number of alkyl halides is 2. The number of nitrogens with zero attached hydrogens (tertiary/aromatic N) is 12. The number of hydrogen-bond acceptors (Lipinski definition) is 14. The number of ether oxygens (including phenoxy) is 3. The number of fused-ring (bicyclic) bond motifs is 2. The van der Waals surface area contributed by atoms with Crippen LogP contribution in [0.25, 0.3) is 11.1 Å². The van der Waals surface area contributed by atoms with Gasteiger partial charge in [0, 0.05) is 145 Å². The van der Waals surface area contributed by atoms with E-state index in [4.69, 9.17) is 19.3 Å². The van der Waals surface area contributed by atoms with Gasteiger partial charge >= 0.3 is 6.03 Å². The highest BCUT2D eigenvalue weighted by atomic mass is 19.3. The van der Waals surface area contributed by atoms with E-state index in [1.807, 2.05) is 23.1 Å². The lowest BCUT2D eigenvalue weighted by molar-refractivity contribution is -0.133. The van der Waals surface area contributed by atoms with E-state index in [1.165, 1.54) is 6.07 Å². The first-order chi connectivity index (χ1) is 37.6. The van der Waals surface area contributed by atoms with E-state index in [0.29, 0.717) is 95.7 Å². The van der Waals surface area contributed by atoms with Crippen molar-refractivity contribution in [3.05, 3.63) is 89.4 Å². The van der Waals surface area contributed by atoms with Crippen molar-refractivity contribution in [2.24, 2.45) is 7.05 Å². The number of hydrogen-bond donors (Lipinski definition) is 2. The Morgan fingerprint density at radius 3 is 2.36 bits per heavy atom. The summed E-state index contributed by atoms with van der Waals surface area (Å²) in [6, 6.07) is 12.4. The van der Waals surface area contributed by atoms with E-state index in [1.54, 1.807) is 60.6 Å². The Hall–Kier alpha value is -6.49. The Kier molecular flexibility index (Phi) is 17.7. The molecule has 0 radical (unpaired) electrons. The van der Waals surface area contributed by atoms with E-state index in [9.17, 15) is 22.8 Å². The molecule has 10 rings (SSSR count). The van der Waals surface area contributed by atoms with Gasteiger partial charge in [0.05, 0.1) is 64.8 Å². The summed E-state index contributed by atoms with van der Waals surface area (Å²) in [5.41, 5.74) is 5.69. The molecule has 0 bridgehead atoms. The molecule has 22 heteroatoms. The number of carbonyl (C=O) groups excluding carboxylic acids is 2. The Morgan fingerprint density at radius 1 is 0.818 bits per heavy atom. The van der Waals surface area contributed by atoms with Gasteiger partial charge in [0.25, 0.3) is 6.43 Å². The zero-order chi connectivity index (χ0) is 53.3. The predicted octanol–water partition coefficient (Wildman–Crippen LogP) is 6.44. The van der Waals surface area contributed by atoms with E-state index in [-0.39, 0.29) is 41.8 Å². The van der Waals surface area contributed by atoms with Crippen molar-refractivity contribution in [3.63, 3.8) is 0 Å². The number of halogens is 3. The first-order valence-corrected chi connectivity index (χ1v) is 27.4. The Labute approximate surface area is 448 Å². The van der Waals surface area contributed by atoms with E-state index in [0.717, 1.165) is 124 Å². The second-order valence-electron chi connectivity index (χ2n) is 20.6. The molecule has 3 saturated heterocycles. The summed E-state index contributed by atoms with van der Waals surface area (Å²) in [6.45, 7) is 11.4. The number of carbonyl (C=O) groups is 2. The Balaban J connectivity index is 0.614. The van der Waals surface area contributed by atoms with Gasteiger partial charge in [-0.25, -0.2) is 27.9 Å². The van der Waals surface area contributed by atoms with Crippen molar-refractivity contribution in [2.75, 3.05) is 139 Å². The maximum atomic E-state index is 14.8. The van der Waals surface area contributed by atoms with Crippen LogP contribution in [-0.4, -0.2) is 181 Å². The van der Waals surface area contributed by atoms with E-state index in [2.05, 4.69) is 50.0 Å². The van der Waals surface area contributed by atoms with Crippen molar-refractivity contribution in [1.29, 1.82) is 0 Å². The van der Waals surface area contributed by atoms with Crippen LogP contribution >= 0.6 is 0 Å². The third kappa shape index (κ3) is 13.1. The maximum Gasteiger partial charge on any atom is 0.317 e. The molecule has 5 aromatic rings. The summed E-state index contributed by atoms with van der Waals surface area (Å²) in [6.07, 6.45) is 8.27. The van der Waals surface area contributed by atoms with Crippen LogP contribution in [0, 0.1) is 5.82 Å². The van der Waals surface area contributed by atoms with Gasteiger partial charge in [0.15, 0.2) is 5.82 Å². The van der Waals surface area contributed by atoms with Crippen molar-refractivity contribution in [1.82, 2.24) is 49.5 Å². The van der Waals surface area contributed by atoms with Crippen LogP contribution in [0.15, 0.2) is 61.2 Å². The van der Waals surface area contributed by atoms with Gasteiger partial charge in [0.2, 0.25) is 5.91 Å². The molecule has 5 aliphatic heterocycles. The number of benzene rings is 2. The molecule has 0 aliphatic carbocycles. The normalized spacial score (nSPS) is 18.5. The number of piperidine rings is 2. The van der Waals surface area contributed by atoms with Crippen LogP contribution in [0.4, 0.5) is 46.8 Å². The SMILES string of the molecule is CNC(=O)N1CCc2c(c(N3CCCc4cc(-c5cnn(C)c5)c(C(F)F)cc43)nn2C2CCN(C(=O)CCOCCOCCOCCN3CCN(c4cc(N[C@@H]5CCCN(c6cccc(F)c6)C5)ncn4)CC3)CC2)C1. The monoisotopic (exact) mass is 1070 g/mol. The van der Waals surface area contributed by atoms with Gasteiger partial charge < -0.3 is 49.3 Å². The second kappa shape index (κ2) is 25.3. The number of aryl methyl sites for hydroxylation is 2. The number of likely N-dealkylation sites (tertiary alicyclic amines) is 1. The fourth-order valence-electron chi connectivity index (χ4n) is 11.6. The lowest BCUT2D eigenvalue weighted by Crippen LogP contribution is -2.47. The van der Waals surface area contributed by atoms with Crippen molar-refractivity contribution in [3.8, 4) is 11.1 Å². The first-order valence-electron chi connectivity index (χ1n) is 27.4. The molecular weight excluding hydrogens is 994 g/mol. The molecule has 3 aromatic heterocycles. The highest BCUT2D eigenvalue weighted by molar-refractivity contribution is 5.78. The predicted molar refractivity (Wildman–Crippen MR) is 288 cm³/mol. The molecule has 3 amide bonds. The minimum atomic E-state index is -2.69. The number of amides is 3. The minimum absolute atomic E-state index is 0.0424. The fourth-order valence-corrected chi connectivity index (χ4v) is 11.6. The largest absolute Gasteiger partial charge is 0.379 e. The second-order valence-corrected chi connectivity index (χ2v) is 20.6. The minimum Gasteiger partial charge on any atom is -0.379 e. The molecular formula is C55H73F3N14O5. The average molecular weight is 1070 g/mol. The summed E-state index contributed by atoms with van der Waals surface area (Å²) in [7, 11) is 3.40. The van der Waals surface area contributed by atoms with E-state index >= 15 is 0 Å². The van der Waals surface area contributed by atoms with Gasteiger partial charge in [0.1, 0.15) is 23.8 Å². The molecule has 2 aromatic carbocycles. The average Bonchev–Trinajstić information content (AvgIpc) is 4.24. The highest BCUT2D eigenvalue weighted by Crippen LogP contribution is 2.44. The molecule has 77 heavy (non-hydrogen) atoms. The smallest absolute Gasteiger partial charge is 0.317 e. The molecule has 5 aliphatic rings. The number of rotatable bonds is 20. The van der Waals surface area contributed by atoms with Gasteiger partial charge in [-0.1, -0.05) is 6.07 Å². The van der Waals surface area contributed by atoms with Crippen molar-refractivity contribution >= 4 is 40.8 Å². The summed E-state index contributed by atoms with van der Waals surface area (Å²) in [5.74, 6) is 2.26. The molecule has 0 unspecified atom stereocenters. The molecule has 414 valence electrons. The topological polar surface area (TPSA) is 167 Å². The lowest BCUT2D eigenvalue weighted by atomic mass is 9.92. The molecule has 8 heterocycles.